The van der Waals surface area contributed by atoms with Gasteiger partial charge in [0.1, 0.15) is 5.75 Å². The molecule has 1 rings (SSSR count). The molecule has 0 amide bonds. The highest BCUT2D eigenvalue weighted by Gasteiger charge is 2.00. The molecule has 1 aromatic carbocycles. The summed E-state index contributed by atoms with van der Waals surface area (Å²) in [5.74, 6) is 0.652. The Bertz CT molecular complexity index is 278. The molecule has 0 aliphatic rings. The smallest absolute Gasteiger partial charge is 0.137 e. The average Bonchev–Trinajstić information content (AvgIpc) is 2.09. The molecule has 0 unspecified atom stereocenters. The zero-order chi connectivity index (χ0) is 9.68. The Kier molecular flexibility index (Phi) is 4.36. The van der Waals surface area contributed by atoms with Gasteiger partial charge in [-0.15, -0.1) is 0 Å². The summed E-state index contributed by atoms with van der Waals surface area (Å²) in [7, 11) is 0. The van der Waals surface area contributed by atoms with Crippen molar-refractivity contribution >= 4 is 23.2 Å². The number of benzene rings is 1. The van der Waals surface area contributed by atoms with Gasteiger partial charge in [0.25, 0.3) is 0 Å². The van der Waals surface area contributed by atoms with Crippen LogP contribution in [0, 0.1) is 0 Å². The number of hydrogen-bond acceptors (Lipinski definition) is 2. The summed E-state index contributed by atoms with van der Waals surface area (Å²) in [4.78, 5) is 0. The summed E-state index contributed by atoms with van der Waals surface area (Å²) in [6, 6.07) is 5.15. The van der Waals surface area contributed by atoms with Crippen LogP contribution in [-0.4, -0.2) is 13.2 Å². The van der Waals surface area contributed by atoms with E-state index in [1.165, 1.54) is 0 Å². The normalized spacial score (nSPS) is 10.1. The first kappa shape index (κ1) is 10.6. The van der Waals surface area contributed by atoms with Crippen molar-refractivity contribution in [2.45, 2.75) is 6.42 Å². The van der Waals surface area contributed by atoms with Crippen LogP contribution in [-0.2, 0) is 0 Å². The summed E-state index contributed by atoms with van der Waals surface area (Å²) in [6.45, 7) is 1.20. The van der Waals surface area contributed by atoms with Gasteiger partial charge in [0.15, 0.2) is 0 Å². The summed E-state index contributed by atoms with van der Waals surface area (Å²) >= 11 is 11.6. The molecule has 0 spiro atoms. The van der Waals surface area contributed by atoms with Gasteiger partial charge in [0, 0.05) is 5.02 Å². The highest BCUT2D eigenvalue weighted by atomic mass is 35.5. The Labute approximate surface area is 87.6 Å². The fraction of sp³-hybridized carbons (Fsp3) is 0.333. The van der Waals surface area contributed by atoms with E-state index in [0.29, 0.717) is 28.9 Å². The second-order valence-electron chi connectivity index (χ2n) is 2.57. The van der Waals surface area contributed by atoms with Crippen molar-refractivity contribution in [2.75, 3.05) is 13.2 Å². The van der Waals surface area contributed by atoms with Crippen LogP contribution in [0.25, 0.3) is 0 Å². The minimum absolute atomic E-state index is 0.532. The van der Waals surface area contributed by atoms with Gasteiger partial charge in [-0.05, 0) is 31.2 Å². The molecule has 0 aromatic heterocycles. The van der Waals surface area contributed by atoms with Crippen LogP contribution in [0.2, 0.25) is 10.0 Å². The predicted octanol–water partition coefficient (Wildman–Crippen LogP) is 2.72. The Morgan fingerprint density at radius 2 is 2.08 bits per heavy atom. The summed E-state index contributed by atoms with van der Waals surface area (Å²) in [5.41, 5.74) is 5.32. The van der Waals surface area contributed by atoms with Crippen molar-refractivity contribution in [2.24, 2.45) is 5.73 Å². The molecule has 0 heterocycles. The SMILES string of the molecule is NCCCOc1ccc(Cl)cc1Cl. The maximum atomic E-state index is 5.87. The minimum atomic E-state index is 0.532. The second-order valence-corrected chi connectivity index (χ2v) is 3.41. The van der Waals surface area contributed by atoms with E-state index in [1.54, 1.807) is 18.2 Å². The topological polar surface area (TPSA) is 35.2 Å². The predicted molar refractivity (Wildman–Crippen MR) is 55.6 cm³/mol. The highest BCUT2D eigenvalue weighted by Crippen LogP contribution is 2.27. The van der Waals surface area contributed by atoms with Crippen LogP contribution in [0.5, 0.6) is 5.75 Å². The second kappa shape index (κ2) is 5.32. The largest absolute Gasteiger partial charge is 0.492 e. The molecule has 13 heavy (non-hydrogen) atoms. The van der Waals surface area contributed by atoms with Gasteiger partial charge in [-0.3, -0.25) is 0 Å². The van der Waals surface area contributed by atoms with Gasteiger partial charge in [-0.2, -0.15) is 0 Å². The molecule has 0 aliphatic heterocycles. The molecule has 4 heteroatoms. The number of nitrogens with two attached hydrogens (primary N) is 1. The lowest BCUT2D eigenvalue weighted by Crippen LogP contribution is -2.06. The minimum Gasteiger partial charge on any atom is -0.492 e. The fourth-order valence-electron chi connectivity index (χ4n) is 0.858. The lowest BCUT2D eigenvalue weighted by atomic mass is 10.3. The van der Waals surface area contributed by atoms with Crippen LogP contribution in [0.15, 0.2) is 18.2 Å². The Balaban J connectivity index is 2.56. The summed E-state index contributed by atoms with van der Waals surface area (Å²) < 4.78 is 5.36. The van der Waals surface area contributed by atoms with Crippen LogP contribution in [0.4, 0.5) is 0 Å². The van der Waals surface area contributed by atoms with Crippen molar-refractivity contribution in [1.82, 2.24) is 0 Å². The molecule has 0 aliphatic carbocycles. The average molecular weight is 220 g/mol. The highest BCUT2D eigenvalue weighted by molar-refractivity contribution is 6.35. The number of halogens is 2. The van der Waals surface area contributed by atoms with Crippen molar-refractivity contribution in [3.8, 4) is 5.75 Å². The van der Waals surface area contributed by atoms with Gasteiger partial charge >= 0.3 is 0 Å². The first-order valence-corrected chi connectivity index (χ1v) is 4.77. The lowest BCUT2D eigenvalue weighted by Gasteiger charge is -2.06. The standard InChI is InChI=1S/C9H11Cl2NO/c10-7-2-3-9(8(11)6-7)13-5-1-4-12/h2-3,6H,1,4-5,12H2. The van der Waals surface area contributed by atoms with Crippen molar-refractivity contribution in [1.29, 1.82) is 0 Å². The summed E-state index contributed by atoms with van der Waals surface area (Å²) in [6.07, 6.45) is 0.818. The third-order valence-electron chi connectivity index (χ3n) is 1.50. The van der Waals surface area contributed by atoms with Crippen LogP contribution in [0.1, 0.15) is 6.42 Å². The Morgan fingerprint density at radius 1 is 1.31 bits per heavy atom. The molecular weight excluding hydrogens is 209 g/mol. The van der Waals surface area contributed by atoms with E-state index >= 15 is 0 Å². The van der Waals surface area contributed by atoms with E-state index in [0.717, 1.165) is 6.42 Å². The number of hydrogen-bond donors (Lipinski definition) is 1. The van der Waals surface area contributed by atoms with Crippen LogP contribution in [0.3, 0.4) is 0 Å². The van der Waals surface area contributed by atoms with E-state index in [9.17, 15) is 0 Å². The molecule has 2 N–H and O–H groups in total. The van der Waals surface area contributed by atoms with Gasteiger partial charge in [0.05, 0.1) is 11.6 Å². The molecule has 0 radical (unpaired) electrons. The quantitative estimate of drug-likeness (QED) is 0.791. The summed E-state index contributed by atoms with van der Waals surface area (Å²) in [5, 5.41) is 1.14. The molecule has 2 nitrogen and oxygen atoms in total. The zero-order valence-corrected chi connectivity index (χ0v) is 8.61. The maximum Gasteiger partial charge on any atom is 0.137 e. The molecular formula is C9H11Cl2NO. The van der Waals surface area contributed by atoms with Gasteiger partial charge < -0.3 is 10.5 Å². The van der Waals surface area contributed by atoms with Gasteiger partial charge in [-0.25, -0.2) is 0 Å². The zero-order valence-electron chi connectivity index (χ0n) is 7.09. The molecule has 0 fully saturated rings. The number of ether oxygens (including phenoxy) is 1. The molecule has 0 atom stereocenters. The lowest BCUT2D eigenvalue weighted by molar-refractivity contribution is 0.313. The van der Waals surface area contributed by atoms with E-state index in [4.69, 9.17) is 33.7 Å². The Hall–Kier alpha value is -0.440. The van der Waals surface area contributed by atoms with Gasteiger partial charge in [-0.1, -0.05) is 23.2 Å². The third kappa shape index (κ3) is 3.43. The first-order valence-electron chi connectivity index (χ1n) is 4.02. The molecule has 0 saturated carbocycles. The van der Waals surface area contributed by atoms with Gasteiger partial charge in [0.2, 0.25) is 0 Å². The molecule has 0 saturated heterocycles. The molecule has 72 valence electrons. The van der Waals surface area contributed by atoms with Crippen molar-refractivity contribution < 1.29 is 4.74 Å². The molecule has 0 bridgehead atoms. The molecule has 1 aromatic rings. The first-order chi connectivity index (χ1) is 6.24. The van der Waals surface area contributed by atoms with E-state index < -0.39 is 0 Å². The van der Waals surface area contributed by atoms with Crippen LogP contribution < -0.4 is 10.5 Å². The number of rotatable bonds is 4. The van der Waals surface area contributed by atoms with E-state index in [2.05, 4.69) is 0 Å². The van der Waals surface area contributed by atoms with Crippen molar-refractivity contribution in [3.05, 3.63) is 28.2 Å². The van der Waals surface area contributed by atoms with E-state index in [1.807, 2.05) is 0 Å². The maximum absolute atomic E-state index is 5.87. The fourth-order valence-corrected chi connectivity index (χ4v) is 1.32. The van der Waals surface area contributed by atoms with Crippen LogP contribution >= 0.6 is 23.2 Å². The Morgan fingerprint density at radius 3 is 2.69 bits per heavy atom. The third-order valence-corrected chi connectivity index (χ3v) is 2.03. The van der Waals surface area contributed by atoms with E-state index in [-0.39, 0.29) is 0 Å². The monoisotopic (exact) mass is 219 g/mol. The van der Waals surface area contributed by atoms with Crippen molar-refractivity contribution in [3.63, 3.8) is 0 Å².